The third kappa shape index (κ3) is 5.71. The first-order valence-corrected chi connectivity index (χ1v) is 6.74. The van der Waals surface area contributed by atoms with Crippen molar-refractivity contribution in [3.8, 4) is 5.75 Å². The second-order valence-electron chi connectivity index (χ2n) is 4.70. The van der Waals surface area contributed by atoms with Gasteiger partial charge < -0.3 is 15.2 Å². The van der Waals surface area contributed by atoms with Crippen LogP contribution in [0.2, 0.25) is 5.02 Å². The lowest BCUT2D eigenvalue weighted by Crippen LogP contribution is -2.19. The molecule has 0 spiro atoms. The summed E-state index contributed by atoms with van der Waals surface area (Å²) in [7, 11) is 0. The molecule has 0 aromatic heterocycles. The Balaban J connectivity index is 2.58. The molecule has 0 aliphatic carbocycles. The van der Waals surface area contributed by atoms with E-state index in [4.69, 9.17) is 21.4 Å². The van der Waals surface area contributed by atoms with E-state index in [0.29, 0.717) is 24.0 Å². The molecule has 1 rings (SSSR count). The van der Waals surface area contributed by atoms with Crippen molar-refractivity contribution in [1.29, 1.82) is 0 Å². The number of hydrogen-bond donors (Lipinski definition) is 2. The van der Waals surface area contributed by atoms with Gasteiger partial charge in [-0.25, -0.2) is 0 Å². The summed E-state index contributed by atoms with van der Waals surface area (Å²) >= 11 is 6.00. The first-order valence-electron chi connectivity index (χ1n) is 6.36. The Morgan fingerprint density at radius 1 is 1.39 bits per heavy atom. The summed E-state index contributed by atoms with van der Waals surface area (Å²) in [6, 6.07) is 5.62. The lowest BCUT2D eigenvalue weighted by molar-refractivity contribution is 0.232. The van der Waals surface area contributed by atoms with E-state index in [0.717, 1.165) is 24.4 Å². The highest BCUT2D eigenvalue weighted by atomic mass is 35.5. The van der Waals surface area contributed by atoms with Crippen LogP contribution in [0.4, 0.5) is 0 Å². The Bertz CT molecular complexity index is 356. The average molecular weight is 272 g/mol. The van der Waals surface area contributed by atoms with Crippen molar-refractivity contribution in [2.75, 3.05) is 19.8 Å². The van der Waals surface area contributed by atoms with Crippen molar-refractivity contribution in [3.63, 3.8) is 0 Å². The number of rotatable bonds is 8. The van der Waals surface area contributed by atoms with Gasteiger partial charge in [-0.15, -0.1) is 0 Å². The second-order valence-corrected chi connectivity index (χ2v) is 5.14. The van der Waals surface area contributed by atoms with Crippen LogP contribution in [0.3, 0.4) is 0 Å². The Hall–Kier alpha value is -0.770. The fourth-order valence-corrected chi connectivity index (χ4v) is 1.76. The van der Waals surface area contributed by atoms with Crippen LogP contribution in [0.15, 0.2) is 18.2 Å². The molecule has 1 aromatic carbocycles. The first-order chi connectivity index (χ1) is 8.63. The number of halogens is 1. The highest BCUT2D eigenvalue weighted by Gasteiger charge is 2.05. The molecule has 18 heavy (non-hydrogen) atoms. The van der Waals surface area contributed by atoms with E-state index in [2.05, 4.69) is 19.2 Å². The summed E-state index contributed by atoms with van der Waals surface area (Å²) in [5.41, 5.74) is 1.06. The Kier molecular flexibility index (Phi) is 7.09. The molecule has 0 unspecified atom stereocenters. The van der Waals surface area contributed by atoms with E-state index in [-0.39, 0.29) is 6.61 Å². The van der Waals surface area contributed by atoms with Crippen LogP contribution in [0, 0.1) is 5.92 Å². The van der Waals surface area contributed by atoms with Crippen molar-refractivity contribution in [1.82, 2.24) is 5.32 Å². The van der Waals surface area contributed by atoms with Gasteiger partial charge in [-0.2, -0.15) is 0 Å². The second kappa shape index (κ2) is 8.35. The minimum atomic E-state index is 0.147. The monoisotopic (exact) mass is 271 g/mol. The van der Waals surface area contributed by atoms with Gasteiger partial charge >= 0.3 is 0 Å². The van der Waals surface area contributed by atoms with Crippen molar-refractivity contribution >= 4 is 11.6 Å². The molecule has 0 aliphatic rings. The quantitative estimate of drug-likeness (QED) is 0.715. The van der Waals surface area contributed by atoms with Crippen LogP contribution in [0.25, 0.3) is 0 Å². The van der Waals surface area contributed by atoms with E-state index in [1.54, 1.807) is 0 Å². The summed E-state index contributed by atoms with van der Waals surface area (Å²) in [6.45, 7) is 6.72. The van der Waals surface area contributed by atoms with E-state index in [1.165, 1.54) is 0 Å². The van der Waals surface area contributed by atoms with Gasteiger partial charge in [-0.1, -0.05) is 25.4 Å². The Morgan fingerprint density at radius 3 is 2.83 bits per heavy atom. The SMILES string of the molecule is CC(C)CNCc1cc(Cl)ccc1OCCCO. The zero-order valence-electron chi connectivity index (χ0n) is 11.1. The summed E-state index contributed by atoms with van der Waals surface area (Å²) in [5, 5.41) is 12.8. The molecule has 102 valence electrons. The van der Waals surface area contributed by atoms with E-state index < -0.39 is 0 Å². The van der Waals surface area contributed by atoms with Gasteiger partial charge in [-0.3, -0.25) is 0 Å². The molecule has 0 saturated heterocycles. The summed E-state index contributed by atoms with van der Waals surface area (Å²) in [4.78, 5) is 0. The largest absolute Gasteiger partial charge is 0.493 e. The highest BCUT2D eigenvalue weighted by Crippen LogP contribution is 2.23. The van der Waals surface area contributed by atoms with Crippen LogP contribution < -0.4 is 10.1 Å². The average Bonchev–Trinajstić information content (AvgIpc) is 2.31. The van der Waals surface area contributed by atoms with Crippen LogP contribution in [0.1, 0.15) is 25.8 Å². The normalized spacial score (nSPS) is 10.9. The molecule has 4 heteroatoms. The van der Waals surface area contributed by atoms with Crippen molar-refractivity contribution in [3.05, 3.63) is 28.8 Å². The summed E-state index contributed by atoms with van der Waals surface area (Å²) < 4.78 is 5.63. The minimum absolute atomic E-state index is 0.147. The van der Waals surface area contributed by atoms with E-state index in [1.807, 2.05) is 18.2 Å². The van der Waals surface area contributed by atoms with Gasteiger partial charge in [0.25, 0.3) is 0 Å². The molecule has 0 bridgehead atoms. The maximum Gasteiger partial charge on any atom is 0.123 e. The first kappa shape index (κ1) is 15.3. The molecule has 0 radical (unpaired) electrons. The Morgan fingerprint density at radius 2 is 2.17 bits per heavy atom. The standard InChI is InChI=1S/C14H22ClNO2/c1-11(2)9-16-10-12-8-13(15)4-5-14(12)18-7-3-6-17/h4-5,8,11,16-17H,3,6-7,9-10H2,1-2H3. The fourth-order valence-electron chi connectivity index (χ4n) is 1.57. The lowest BCUT2D eigenvalue weighted by atomic mass is 10.2. The molecule has 0 amide bonds. The molecule has 0 aliphatic heterocycles. The van der Waals surface area contributed by atoms with E-state index >= 15 is 0 Å². The molecular weight excluding hydrogens is 250 g/mol. The molecule has 3 nitrogen and oxygen atoms in total. The fraction of sp³-hybridized carbons (Fsp3) is 0.571. The van der Waals surface area contributed by atoms with Gasteiger partial charge in [-0.05, 0) is 30.7 Å². The van der Waals surface area contributed by atoms with Gasteiger partial charge in [0.15, 0.2) is 0 Å². The molecule has 0 atom stereocenters. The summed E-state index contributed by atoms with van der Waals surface area (Å²) in [5.74, 6) is 1.45. The zero-order chi connectivity index (χ0) is 13.4. The van der Waals surface area contributed by atoms with Crippen molar-refractivity contribution in [2.45, 2.75) is 26.8 Å². The Labute approximate surface area is 114 Å². The van der Waals surface area contributed by atoms with Crippen LogP contribution in [-0.2, 0) is 6.54 Å². The zero-order valence-corrected chi connectivity index (χ0v) is 11.8. The molecule has 2 N–H and O–H groups in total. The van der Waals surface area contributed by atoms with Gasteiger partial charge in [0.2, 0.25) is 0 Å². The van der Waals surface area contributed by atoms with Crippen LogP contribution >= 0.6 is 11.6 Å². The third-order valence-electron chi connectivity index (χ3n) is 2.45. The topological polar surface area (TPSA) is 41.5 Å². The van der Waals surface area contributed by atoms with Gasteiger partial charge in [0, 0.05) is 30.2 Å². The highest BCUT2D eigenvalue weighted by molar-refractivity contribution is 6.30. The van der Waals surface area contributed by atoms with Crippen molar-refractivity contribution < 1.29 is 9.84 Å². The molecule has 1 aromatic rings. The number of aliphatic hydroxyl groups is 1. The molecular formula is C14H22ClNO2. The number of aliphatic hydroxyl groups excluding tert-OH is 1. The van der Waals surface area contributed by atoms with E-state index in [9.17, 15) is 0 Å². The smallest absolute Gasteiger partial charge is 0.123 e. The van der Waals surface area contributed by atoms with Crippen LogP contribution in [0.5, 0.6) is 5.75 Å². The maximum atomic E-state index is 8.75. The predicted octanol–water partition coefficient (Wildman–Crippen LogP) is 2.85. The number of nitrogens with one attached hydrogen (secondary N) is 1. The van der Waals surface area contributed by atoms with Crippen molar-refractivity contribution in [2.24, 2.45) is 5.92 Å². The third-order valence-corrected chi connectivity index (χ3v) is 2.69. The van der Waals surface area contributed by atoms with Gasteiger partial charge in [0.1, 0.15) is 5.75 Å². The number of benzene rings is 1. The summed E-state index contributed by atoms with van der Waals surface area (Å²) in [6.07, 6.45) is 0.640. The van der Waals surface area contributed by atoms with Gasteiger partial charge in [0.05, 0.1) is 6.61 Å². The molecule has 0 fully saturated rings. The van der Waals surface area contributed by atoms with Crippen LogP contribution in [-0.4, -0.2) is 24.9 Å². The molecule has 0 heterocycles. The minimum Gasteiger partial charge on any atom is -0.493 e. The lowest BCUT2D eigenvalue weighted by Gasteiger charge is -2.13. The maximum absolute atomic E-state index is 8.75. The predicted molar refractivity (Wildman–Crippen MR) is 75.2 cm³/mol. The number of hydrogen-bond acceptors (Lipinski definition) is 3. The molecule has 0 saturated carbocycles. The number of ether oxygens (including phenoxy) is 1.